The van der Waals surface area contributed by atoms with Crippen molar-refractivity contribution in [1.82, 2.24) is 10.2 Å². The quantitative estimate of drug-likeness (QED) is 0.775. The molecule has 0 bridgehead atoms. The first-order chi connectivity index (χ1) is 7.58. The molecule has 1 saturated heterocycles. The Morgan fingerprint density at radius 3 is 2.38 bits per heavy atom. The highest BCUT2D eigenvalue weighted by molar-refractivity contribution is 4.87. The van der Waals surface area contributed by atoms with Crippen LogP contribution in [-0.2, 0) is 0 Å². The van der Waals surface area contributed by atoms with Gasteiger partial charge in [0.25, 0.3) is 0 Å². The zero-order chi connectivity index (χ0) is 12.1. The molecule has 0 amide bonds. The van der Waals surface area contributed by atoms with Crippen LogP contribution in [0.4, 0.5) is 0 Å². The third-order valence-electron chi connectivity index (χ3n) is 3.89. The Morgan fingerprint density at radius 1 is 1.19 bits per heavy atom. The second-order valence-corrected chi connectivity index (χ2v) is 5.75. The van der Waals surface area contributed by atoms with Crippen molar-refractivity contribution < 1.29 is 0 Å². The van der Waals surface area contributed by atoms with Gasteiger partial charge in [-0.1, -0.05) is 27.7 Å². The van der Waals surface area contributed by atoms with Crippen LogP contribution in [-0.4, -0.2) is 36.1 Å². The number of hydrogen-bond donors (Lipinski definition) is 1. The maximum absolute atomic E-state index is 3.67. The molecule has 3 atom stereocenters. The molecule has 2 nitrogen and oxygen atoms in total. The molecule has 0 aromatic rings. The van der Waals surface area contributed by atoms with Crippen molar-refractivity contribution in [1.29, 1.82) is 0 Å². The molecule has 16 heavy (non-hydrogen) atoms. The summed E-state index contributed by atoms with van der Waals surface area (Å²) in [6, 6.07) is 2.19. The summed E-state index contributed by atoms with van der Waals surface area (Å²) in [5, 5.41) is 3.67. The largest absolute Gasteiger partial charge is 0.311 e. The minimum Gasteiger partial charge on any atom is -0.311 e. The van der Waals surface area contributed by atoms with E-state index in [1.165, 1.54) is 32.4 Å². The molecule has 0 aliphatic carbocycles. The lowest BCUT2D eigenvalue weighted by atomic mass is 9.98. The molecule has 0 radical (unpaired) electrons. The SMILES string of the molecule is CCC1CN(C(C)CC(C)C)C(CC)CN1. The van der Waals surface area contributed by atoms with Crippen LogP contribution in [0.25, 0.3) is 0 Å². The van der Waals surface area contributed by atoms with Gasteiger partial charge in [0.15, 0.2) is 0 Å². The third-order valence-corrected chi connectivity index (χ3v) is 3.89. The van der Waals surface area contributed by atoms with Gasteiger partial charge in [0.1, 0.15) is 0 Å². The maximum atomic E-state index is 3.67. The molecule has 0 saturated carbocycles. The summed E-state index contributed by atoms with van der Waals surface area (Å²) < 4.78 is 0. The molecule has 0 aromatic carbocycles. The first-order valence-corrected chi connectivity index (χ1v) is 7.07. The maximum Gasteiger partial charge on any atom is 0.0221 e. The fraction of sp³-hybridized carbons (Fsp3) is 1.00. The van der Waals surface area contributed by atoms with Gasteiger partial charge in [-0.15, -0.1) is 0 Å². The van der Waals surface area contributed by atoms with Gasteiger partial charge in [-0.3, -0.25) is 4.90 Å². The summed E-state index contributed by atoms with van der Waals surface area (Å²) in [4.78, 5) is 2.74. The molecular weight excluding hydrogens is 196 g/mol. The van der Waals surface area contributed by atoms with Crippen molar-refractivity contribution >= 4 is 0 Å². The van der Waals surface area contributed by atoms with Gasteiger partial charge in [-0.2, -0.15) is 0 Å². The summed E-state index contributed by atoms with van der Waals surface area (Å²) >= 11 is 0. The molecule has 1 fully saturated rings. The Labute approximate surface area is 102 Å². The van der Waals surface area contributed by atoms with Crippen LogP contribution >= 0.6 is 0 Å². The van der Waals surface area contributed by atoms with Crippen LogP contribution in [0.5, 0.6) is 0 Å². The lowest BCUT2D eigenvalue weighted by Crippen LogP contribution is -2.58. The van der Waals surface area contributed by atoms with E-state index in [0.717, 1.165) is 18.0 Å². The van der Waals surface area contributed by atoms with Crippen molar-refractivity contribution in [2.75, 3.05) is 13.1 Å². The van der Waals surface area contributed by atoms with E-state index >= 15 is 0 Å². The second-order valence-electron chi connectivity index (χ2n) is 5.75. The molecular formula is C14H30N2. The molecule has 1 N–H and O–H groups in total. The van der Waals surface area contributed by atoms with Crippen LogP contribution < -0.4 is 5.32 Å². The molecule has 2 heteroatoms. The summed E-state index contributed by atoms with van der Waals surface area (Å²) in [5.74, 6) is 0.808. The predicted octanol–water partition coefficient (Wildman–Crippen LogP) is 2.88. The van der Waals surface area contributed by atoms with Gasteiger partial charge < -0.3 is 5.32 Å². The first kappa shape index (κ1) is 14.0. The van der Waals surface area contributed by atoms with Crippen LogP contribution in [0.15, 0.2) is 0 Å². The number of nitrogens with zero attached hydrogens (tertiary/aromatic N) is 1. The number of rotatable bonds is 5. The molecule has 1 rings (SSSR count). The topological polar surface area (TPSA) is 15.3 Å². The summed E-state index contributed by atoms with van der Waals surface area (Å²) in [6.45, 7) is 14.1. The van der Waals surface area contributed by atoms with E-state index in [0.29, 0.717) is 6.04 Å². The minimum absolute atomic E-state index is 0.706. The summed E-state index contributed by atoms with van der Waals surface area (Å²) in [5.41, 5.74) is 0. The zero-order valence-electron chi connectivity index (χ0n) is 11.8. The Hall–Kier alpha value is -0.0800. The average Bonchev–Trinajstić information content (AvgIpc) is 2.27. The van der Waals surface area contributed by atoms with E-state index in [-0.39, 0.29) is 0 Å². The lowest BCUT2D eigenvalue weighted by Gasteiger charge is -2.44. The van der Waals surface area contributed by atoms with Gasteiger partial charge in [0, 0.05) is 31.2 Å². The summed E-state index contributed by atoms with van der Waals surface area (Å²) in [6.07, 6.45) is 3.85. The van der Waals surface area contributed by atoms with Gasteiger partial charge in [-0.25, -0.2) is 0 Å². The standard InChI is InChI=1S/C14H30N2/c1-6-13-10-16(12(5)8-11(3)4)14(7-2)9-15-13/h11-15H,6-10H2,1-5H3. The van der Waals surface area contributed by atoms with E-state index in [1.54, 1.807) is 0 Å². The van der Waals surface area contributed by atoms with Gasteiger partial charge in [0.2, 0.25) is 0 Å². The molecule has 1 aliphatic heterocycles. The fourth-order valence-corrected chi connectivity index (χ4v) is 2.90. The number of piperazine rings is 1. The predicted molar refractivity (Wildman–Crippen MR) is 71.8 cm³/mol. The lowest BCUT2D eigenvalue weighted by molar-refractivity contribution is 0.0754. The fourth-order valence-electron chi connectivity index (χ4n) is 2.90. The average molecular weight is 226 g/mol. The highest BCUT2D eigenvalue weighted by Gasteiger charge is 2.29. The Kier molecular flexibility index (Phi) is 5.77. The van der Waals surface area contributed by atoms with E-state index in [1.807, 2.05) is 0 Å². The molecule has 96 valence electrons. The van der Waals surface area contributed by atoms with Gasteiger partial charge in [-0.05, 0) is 32.1 Å². The normalized spacial score (nSPS) is 29.6. The van der Waals surface area contributed by atoms with Crippen molar-refractivity contribution in [2.45, 2.75) is 72.0 Å². The first-order valence-electron chi connectivity index (χ1n) is 7.07. The Balaban J connectivity index is 2.56. The Bertz CT molecular complexity index is 191. The smallest absolute Gasteiger partial charge is 0.0221 e. The van der Waals surface area contributed by atoms with Crippen molar-refractivity contribution in [3.05, 3.63) is 0 Å². The van der Waals surface area contributed by atoms with Crippen molar-refractivity contribution in [2.24, 2.45) is 5.92 Å². The number of nitrogens with one attached hydrogen (secondary N) is 1. The molecule has 1 heterocycles. The van der Waals surface area contributed by atoms with Gasteiger partial charge in [0.05, 0.1) is 0 Å². The highest BCUT2D eigenvalue weighted by atomic mass is 15.2. The van der Waals surface area contributed by atoms with Crippen LogP contribution in [0.2, 0.25) is 0 Å². The zero-order valence-corrected chi connectivity index (χ0v) is 11.8. The van der Waals surface area contributed by atoms with E-state index in [9.17, 15) is 0 Å². The van der Waals surface area contributed by atoms with Crippen molar-refractivity contribution in [3.8, 4) is 0 Å². The van der Waals surface area contributed by atoms with Gasteiger partial charge >= 0.3 is 0 Å². The minimum atomic E-state index is 0.706. The molecule has 0 aromatic heterocycles. The van der Waals surface area contributed by atoms with E-state index < -0.39 is 0 Å². The molecule has 0 spiro atoms. The van der Waals surface area contributed by atoms with Crippen LogP contribution in [0.3, 0.4) is 0 Å². The summed E-state index contributed by atoms with van der Waals surface area (Å²) in [7, 11) is 0. The van der Waals surface area contributed by atoms with E-state index in [4.69, 9.17) is 0 Å². The van der Waals surface area contributed by atoms with Crippen LogP contribution in [0, 0.1) is 5.92 Å². The highest BCUT2D eigenvalue weighted by Crippen LogP contribution is 2.19. The van der Waals surface area contributed by atoms with Crippen LogP contribution in [0.1, 0.15) is 53.9 Å². The second kappa shape index (κ2) is 6.61. The third kappa shape index (κ3) is 3.74. The number of hydrogen-bond acceptors (Lipinski definition) is 2. The monoisotopic (exact) mass is 226 g/mol. The molecule has 1 aliphatic rings. The van der Waals surface area contributed by atoms with Crippen molar-refractivity contribution in [3.63, 3.8) is 0 Å². The van der Waals surface area contributed by atoms with E-state index in [2.05, 4.69) is 44.8 Å². The molecule has 3 unspecified atom stereocenters. The Morgan fingerprint density at radius 2 is 1.88 bits per heavy atom.